The Hall–Kier alpha value is -0.670. The van der Waals surface area contributed by atoms with Crippen molar-refractivity contribution >= 4 is 11.0 Å². The van der Waals surface area contributed by atoms with Crippen molar-refractivity contribution in [3.05, 3.63) is 36.5 Å². The zero-order chi connectivity index (χ0) is 11.8. The normalized spacial score (nSPS) is 14.0. The second kappa shape index (κ2) is 7.60. The van der Waals surface area contributed by atoms with Crippen LogP contribution in [0.5, 0.6) is 0 Å². The van der Waals surface area contributed by atoms with Gasteiger partial charge in [-0.3, -0.25) is 0 Å². The molecule has 0 aliphatic carbocycles. The first-order valence-electron chi connectivity index (χ1n) is 5.08. The van der Waals surface area contributed by atoms with Crippen LogP contribution in [0.2, 0.25) is 0 Å². The summed E-state index contributed by atoms with van der Waals surface area (Å²) in [5.74, 6) is 1.05. The van der Waals surface area contributed by atoms with Crippen molar-refractivity contribution in [1.82, 2.24) is 4.72 Å². The molecule has 0 saturated heterocycles. The molecule has 3 heteroatoms. The lowest BCUT2D eigenvalue weighted by atomic mass is 10.0. The fourth-order valence-electron chi connectivity index (χ4n) is 0.951. The molecule has 0 aromatic carbocycles. The maximum atomic E-state index is 11.2. The molecule has 15 heavy (non-hydrogen) atoms. The minimum Gasteiger partial charge on any atom is -0.243 e. The first-order valence-corrected chi connectivity index (χ1v) is 6.40. The van der Waals surface area contributed by atoms with Crippen LogP contribution in [0, 0.1) is 5.92 Å². The van der Waals surface area contributed by atoms with Crippen LogP contribution in [0.25, 0.3) is 0 Å². The van der Waals surface area contributed by atoms with Gasteiger partial charge in [0.1, 0.15) is 0 Å². The van der Waals surface area contributed by atoms with E-state index in [2.05, 4.69) is 31.7 Å². The van der Waals surface area contributed by atoms with Gasteiger partial charge in [-0.15, -0.1) is 0 Å². The Labute approximate surface area is 95.7 Å². The summed E-state index contributed by atoms with van der Waals surface area (Å²) in [6, 6.07) is 0. The summed E-state index contributed by atoms with van der Waals surface area (Å²) in [7, 11) is 0.752. The Bertz CT molecular complexity index is 279. The van der Waals surface area contributed by atoms with E-state index in [0.717, 1.165) is 17.6 Å². The molecule has 1 unspecified atom stereocenters. The van der Waals surface area contributed by atoms with Crippen LogP contribution in [0.15, 0.2) is 36.5 Å². The predicted molar refractivity (Wildman–Crippen MR) is 68.9 cm³/mol. The van der Waals surface area contributed by atoms with Crippen LogP contribution in [0.4, 0.5) is 0 Å². The van der Waals surface area contributed by atoms with Gasteiger partial charge in [0.15, 0.2) is 0 Å². The monoisotopic (exact) mass is 227 g/mol. The standard InChI is InChI=1S/C12H21NOS/c1-6-12(7-8-15(14)13-5)9-11(4)10(2)3/h6,9-10,13H,1,4,7-8H2,2-3,5H3/b12-9+. The Morgan fingerprint density at radius 1 is 1.53 bits per heavy atom. The molecule has 0 heterocycles. The third-order valence-corrected chi connectivity index (χ3v) is 3.21. The Kier molecular flexibility index (Phi) is 7.26. The van der Waals surface area contributed by atoms with Gasteiger partial charge in [-0.25, -0.2) is 8.93 Å². The zero-order valence-electron chi connectivity index (χ0n) is 9.88. The first-order chi connectivity index (χ1) is 7.01. The second-order valence-corrected chi connectivity index (χ2v) is 5.16. The number of hydrogen-bond donors (Lipinski definition) is 1. The highest BCUT2D eigenvalue weighted by molar-refractivity contribution is 7.82. The first kappa shape index (κ1) is 14.3. The van der Waals surface area contributed by atoms with E-state index in [1.165, 1.54) is 0 Å². The maximum absolute atomic E-state index is 11.2. The van der Waals surface area contributed by atoms with Gasteiger partial charge in [-0.05, 0) is 25.0 Å². The van der Waals surface area contributed by atoms with E-state index in [1.807, 2.05) is 6.08 Å². The van der Waals surface area contributed by atoms with Gasteiger partial charge < -0.3 is 0 Å². The van der Waals surface area contributed by atoms with E-state index in [-0.39, 0.29) is 0 Å². The number of hydrogen-bond acceptors (Lipinski definition) is 1. The molecule has 0 spiro atoms. The van der Waals surface area contributed by atoms with Crippen molar-refractivity contribution in [2.24, 2.45) is 5.92 Å². The summed E-state index contributed by atoms with van der Waals surface area (Å²) in [5.41, 5.74) is 2.18. The molecule has 1 atom stereocenters. The molecule has 0 fully saturated rings. The van der Waals surface area contributed by atoms with Crippen molar-refractivity contribution in [3.63, 3.8) is 0 Å². The quantitative estimate of drug-likeness (QED) is 0.665. The molecule has 0 aliphatic heterocycles. The van der Waals surface area contributed by atoms with Gasteiger partial charge in [-0.2, -0.15) is 0 Å². The van der Waals surface area contributed by atoms with Crippen molar-refractivity contribution in [2.75, 3.05) is 12.8 Å². The summed E-state index contributed by atoms with van der Waals surface area (Å²) < 4.78 is 13.9. The lowest BCUT2D eigenvalue weighted by Crippen LogP contribution is -2.14. The molecule has 1 N–H and O–H groups in total. The minimum absolute atomic E-state index is 0.440. The third kappa shape index (κ3) is 6.42. The summed E-state index contributed by atoms with van der Waals surface area (Å²) in [4.78, 5) is 0. The molecule has 0 amide bonds. The van der Waals surface area contributed by atoms with Crippen LogP contribution < -0.4 is 4.72 Å². The van der Waals surface area contributed by atoms with Gasteiger partial charge in [-0.1, -0.05) is 44.7 Å². The molecule has 0 bridgehead atoms. The summed E-state index contributed by atoms with van der Waals surface area (Å²) >= 11 is 0. The highest BCUT2D eigenvalue weighted by Crippen LogP contribution is 2.13. The van der Waals surface area contributed by atoms with Gasteiger partial charge in [0.25, 0.3) is 0 Å². The summed E-state index contributed by atoms with van der Waals surface area (Å²) in [6.07, 6.45) is 4.60. The molecule has 86 valence electrons. The second-order valence-electron chi connectivity index (χ2n) is 3.66. The summed E-state index contributed by atoms with van der Waals surface area (Å²) in [6.45, 7) is 11.9. The van der Waals surface area contributed by atoms with Crippen molar-refractivity contribution in [1.29, 1.82) is 0 Å². The topological polar surface area (TPSA) is 29.1 Å². The molecular weight excluding hydrogens is 206 g/mol. The van der Waals surface area contributed by atoms with E-state index in [9.17, 15) is 4.21 Å². The fourth-order valence-corrected chi connectivity index (χ4v) is 1.58. The van der Waals surface area contributed by atoms with Crippen LogP contribution in [-0.4, -0.2) is 17.0 Å². The van der Waals surface area contributed by atoms with E-state index in [4.69, 9.17) is 0 Å². The number of allylic oxidation sites excluding steroid dienone is 4. The van der Waals surface area contributed by atoms with Gasteiger partial charge in [0, 0.05) is 5.75 Å². The molecule has 0 radical (unpaired) electrons. The highest BCUT2D eigenvalue weighted by atomic mass is 32.2. The van der Waals surface area contributed by atoms with Crippen LogP contribution >= 0.6 is 0 Å². The Morgan fingerprint density at radius 3 is 2.53 bits per heavy atom. The largest absolute Gasteiger partial charge is 0.243 e. The molecule has 0 aromatic rings. The Balaban J connectivity index is 4.30. The van der Waals surface area contributed by atoms with Gasteiger partial charge >= 0.3 is 0 Å². The highest BCUT2D eigenvalue weighted by Gasteiger charge is 2.01. The molecular formula is C12H21NOS. The predicted octanol–water partition coefficient (Wildman–Crippen LogP) is 2.58. The molecule has 0 aliphatic rings. The van der Waals surface area contributed by atoms with E-state index >= 15 is 0 Å². The van der Waals surface area contributed by atoms with Crippen LogP contribution in [0.1, 0.15) is 20.3 Å². The van der Waals surface area contributed by atoms with E-state index in [0.29, 0.717) is 11.7 Å². The smallest absolute Gasteiger partial charge is 0.0916 e. The van der Waals surface area contributed by atoms with Crippen molar-refractivity contribution in [2.45, 2.75) is 20.3 Å². The van der Waals surface area contributed by atoms with Gasteiger partial charge in [0.2, 0.25) is 0 Å². The van der Waals surface area contributed by atoms with Crippen LogP contribution in [0.3, 0.4) is 0 Å². The maximum Gasteiger partial charge on any atom is 0.0916 e. The minimum atomic E-state index is -0.943. The van der Waals surface area contributed by atoms with E-state index in [1.54, 1.807) is 13.1 Å². The fraction of sp³-hybridized carbons (Fsp3) is 0.500. The average Bonchev–Trinajstić information content (AvgIpc) is 2.22. The van der Waals surface area contributed by atoms with Crippen LogP contribution in [-0.2, 0) is 11.0 Å². The molecule has 2 nitrogen and oxygen atoms in total. The molecule has 0 saturated carbocycles. The SMILES string of the molecule is C=C/C(=C\C(=C)C(C)C)CCS(=O)NC. The van der Waals surface area contributed by atoms with E-state index < -0.39 is 11.0 Å². The number of nitrogens with one attached hydrogen (secondary N) is 1. The Morgan fingerprint density at radius 2 is 2.13 bits per heavy atom. The lowest BCUT2D eigenvalue weighted by Gasteiger charge is -2.07. The summed E-state index contributed by atoms with van der Waals surface area (Å²) in [5, 5.41) is 0. The lowest BCUT2D eigenvalue weighted by molar-refractivity contribution is 0.677. The molecule has 0 rings (SSSR count). The average molecular weight is 227 g/mol. The van der Waals surface area contributed by atoms with Gasteiger partial charge in [0.05, 0.1) is 11.0 Å². The molecule has 0 aromatic heterocycles. The number of rotatable bonds is 7. The van der Waals surface area contributed by atoms with Crippen molar-refractivity contribution < 1.29 is 4.21 Å². The van der Waals surface area contributed by atoms with Crippen molar-refractivity contribution in [3.8, 4) is 0 Å². The zero-order valence-corrected chi connectivity index (χ0v) is 10.7. The third-order valence-electron chi connectivity index (χ3n) is 2.18.